The molecule has 0 heterocycles. The number of sulfonamides is 1. The first-order valence-electron chi connectivity index (χ1n) is 5.23. The number of rotatable bonds is 5. The van der Waals surface area contributed by atoms with Gasteiger partial charge in [-0.25, -0.2) is 13.1 Å². The van der Waals surface area contributed by atoms with Gasteiger partial charge in [0.25, 0.3) is 0 Å². The molecule has 18 heavy (non-hydrogen) atoms. The average molecular weight is 291 g/mol. The second kappa shape index (κ2) is 5.69. The normalized spacial score (nSPS) is 13.6. The zero-order valence-electron chi connectivity index (χ0n) is 9.88. The Hall–Kier alpha value is -1.11. The first kappa shape index (κ1) is 14.9. The van der Waals surface area contributed by atoms with Gasteiger partial charge in [-0.2, -0.15) is 0 Å². The summed E-state index contributed by atoms with van der Waals surface area (Å²) in [5.74, 6) is -1.91. The topological polar surface area (TPSA) is 86.3 Å². The molecular weight excluding hydrogens is 278 g/mol. The van der Waals surface area contributed by atoms with E-state index in [0.717, 1.165) is 0 Å². The van der Waals surface area contributed by atoms with E-state index in [2.05, 4.69) is 4.72 Å². The van der Waals surface area contributed by atoms with Crippen LogP contribution in [-0.4, -0.2) is 20.4 Å². The molecule has 1 N–H and O–H groups in total. The molecule has 0 aromatic heterocycles. The number of hydrogen-bond donors (Lipinski definition) is 1. The van der Waals surface area contributed by atoms with Gasteiger partial charge in [0, 0.05) is 0 Å². The number of carboxylic acid groups (broad SMARTS) is 1. The number of carbonyl (C=O) groups excluding carboxylic acids is 1. The van der Waals surface area contributed by atoms with Gasteiger partial charge in [-0.05, 0) is 18.1 Å². The standard InChI is InChI=1S/C11H14ClNO4S/c1-7(2)10(11(14)15)13-18(16,17)9-6-4-3-5-8(9)12/h3-7,10,13H,1-2H3,(H,14,15)/p-1/t10-/m1/s1. The van der Waals surface area contributed by atoms with E-state index in [1.54, 1.807) is 19.9 Å². The van der Waals surface area contributed by atoms with Crippen molar-refractivity contribution in [1.82, 2.24) is 4.72 Å². The zero-order chi connectivity index (χ0) is 13.9. The fourth-order valence-electron chi connectivity index (χ4n) is 1.35. The summed E-state index contributed by atoms with van der Waals surface area (Å²) in [6, 6.07) is 4.51. The molecule has 0 bridgehead atoms. The number of hydrogen-bond acceptors (Lipinski definition) is 4. The van der Waals surface area contributed by atoms with Gasteiger partial charge in [-0.1, -0.05) is 37.6 Å². The predicted octanol–water partition coefficient (Wildman–Crippen LogP) is 0.393. The van der Waals surface area contributed by atoms with Crippen LogP contribution in [0.1, 0.15) is 13.8 Å². The summed E-state index contributed by atoms with van der Waals surface area (Å²) in [5.41, 5.74) is 0. The summed E-state index contributed by atoms with van der Waals surface area (Å²) in [6.45, 7) is 3.16. The molecule has 1 aromatic rings. The van der Waals surface area contributed by atoms with Crippen molar-refractivity contribution in [2.24, 2.45) is 5.92 Å². The molecule has 0 aliphatic carbocycles. The first-order valence-corrected chi connectivity index (χ1v) is 7.09. The first-order chi connectivity index (χ1) is 8.25. The van der Waals surface area contributed by atoms with Crippen molar-refractivity contribution in [1.29, 1.82) is 0 Å². The fraction of sp³-hybridized carbons (Fsp3) is 0.364. The van der Waals surface area contributed by atoms with Crippen molar-refractivity contribution in [3.63, 3.8) is 0 Å². The molecule has 1 rings (SSSR count). The highest BCUT2D eigenvalue weighted by Crippen LogP contribution is 2.21. The minimum Gasteiger partial charge on any atom is -0.548 e. The molecule has 0 aliphatic heterocycles. The van der Waals surface area contributed by atoms with Crippen LogP contribution < -0.4 is 9.83 Å². The van der Waals surface area contributed by atoms with Crippen LogP contribution in [-0.2, 0) is 14.8 Å². The molecule has 0 saturated heterocycles. The number of carbonyl (C=O) groups is 1. The van der Waals surface area contributed by atoms with Crippen molar-refractivity contribution in [3.05, 3.63) is 29.3 Å². The van der Waals surface area contributed by atoms with Crippen LogP contribution in [0.25, 0.3) is 0 Å². The molecule has 100 valence electrons. The van der Waals surface area contributed by atoms with Crippen molar-refractivity contribution in [2.75, 3.05) is 0 Å². The highest BCUT2D eigenvalue weighted by Gasteiger charge is 2.24. The second-order valence-corrected chi connectivity index (χ2v) is 6.18. The van der Waals surface area contributed by atoms with Crippen LogP contribution in [0.15, 0.2) is 29.2 Å². The number of benzene rings is 1. The van der Waals surface area contributed by atoms with Crippen LogP contribution in [0.3, 0.4) is 0 Å². The quantitative estimate of drug-likeness (QED) is 0.850. The lowest BCUT2D eigenvalue weighted by molar-refractivity contribution is -0.309. The molecule has 0 saturated carbocycles. The van der Waals surface area contributed by atoms with Crippen LogP contribution in [0.5, 0.6) is 0 Å². The molecule has 7 heteroatoms. The van der Waals surface area contributed by atoms with Crippen LogP contribution in [0, 0.1) is 5.92 Å². The maximum Gasteiger partial charge on any atom is 0.242 e. The van der Waals surface area contributed by atoms with Gasteiger partial charge >= 0.3 is 0 Å². The van der Waals surface area contributed by atoms with E-state index in [9.17, 15) is 18.3 Å². The van der Waals surface area contributed by atoms with Crippen molar-refractivity contribution < 1.29 is 18.3 Å². The Kier molecular flexibility index (Phi) is 4.72. The van der Waals surface area contributed by atoms with E-state index >= 15 is 0 Å². The minimum atomic E-state index is -3.98. The second-order valence-electron chi connectivity index (χ2n) is 4.09. The lowest BCUT2D eigenvalue weighted by Gasteiger charge is -2.23. The summed E-state index contributed by atoms with van der Waals surface area (Å²) < 4.78 is 26.0. The molecule has 0 fully saturated rings. The molecular formula is C11H13ClNO4S-. The van der Waals surface area contributed by atoms with Crippen LogP contribution in [0.2, 0.25) is 5.02 Å². The van der Waals surface area contributed by atoms with E-state index in [4.69, 9.17) is 11.6 Å². The highest BCUT2D eigenvalue weighted by molar-refractivity contribution is 7.89. The van der Waals surface area contributed by atoms with Gasteiger partial charge in [0.2, 0.25) is 10.0 Å². The van der Waals surface area contributed by atoms with E-state index in [1.165, 1.54) is 18.2 Å². The molecule has 1 aromatic carbocycles. The van der Waals surface area contributed by atoms with Crippen molar-refractivity contribution in [2.45, 2.75) is 24.8 Å². The van der Waals surface area contributed by atoms with Crippen LogP contribution >= 0.6 is 11.6 Å². The fourth-order valence-corrected chi connectivity index (χ4v) is 3.20. The molecule has 0 amide bonds. The Morgan fingerprint density at radius 3 is 2.33 bits per heavy atom. The number of aliphatic carboxylic acids is 1. The Balaban J connectivity index is 3.09. The summed E-state index contributed by atoms with van der Waals surface area (Å²) in [4.78, 5) is 10.7. The maximum absolute atomic E-state index is 12.0. The predicted molar refractivity (Wildman–Crippen MR) is 65.4 cm³/mol. The minimum absolute atomic E-state index is 0.0332. The van der Waals surface area contributed by atoms with E-state index in [0.29, 0.717) is 0 Å². The summed E-state index contributed by atoms with van der Waals surface area (Å²) >= 11 is 5.77. The molecule has 0 unspecified atom stereocenters. The lowest BCUT2D eigenvalue weighted by atomic mass is 10.1. The third-order valence-electron chi connectivity index (χ3n) is 2.33. The van der Waals surface area contributed by atoms with Gasteiger partial charge in [0.1, 0.15) is 4.90 Å². The SMILES string of the molecule is CC(C)[C@@H](NS(=O)(=O)c1ccccc1Cl)C(=O)[O-]. The third kappa shape index (κ3) is 3.44. The lowest BCUT2D eigenvalue weighted by Crippen LogP contribution is -2.50. The molecule has 0 aliphatic rings. The van der Waals surface area contributed by atoms with Gasteiger partial charge in [-0.3, -0.25) is 0 Å². The Labute approximate surface area is 111 Å². The summed E-state index contributed by atoms with van der Waals surface area (Å²) in [7, 11) is -3.98. The van der Waals surface area contributed by atoms with E-state index < -0.39 is 28.0 Å². The number of nitrogens with one attached hydrogen (secondary N) is 1. The van der Waals surface area contributed by atoms with Gasteiger partial charge in [0.15, 0.2) is 0 Å². The molecule has 0 spiro atoms. The summed E-state index contributed by atoms with van der Waals surface area (Å²) in [5, 5.41) is 10.9. The molecule has 5 nitrogen and oxygen atoms in total. The van der Waals surface area contributed by atoms with Crippen molar-refractivity contribution in [3.8, 4) is 0 Å². The maximum atomic E-state index is 12.0. The number of halogens is 1. The molecule has 1 atom stereocenters. The van der Waals surface area contributed by atoms with Gasteiger partial charge in [-0.15, -0.1) is 0 Å². The Bertz CT molecular complexity index is 542. The van der Waals surface area contributed by atoms with E-state index in [-0.39, 0.29) is 9.92 Å². The monoisotopic (exact) mass is 290 g/mol. The molecule has 0 radical (unpaired) electrons. The van der Waals surface area contributed by atoms with Gasteiger partial charge < -0.3 is 9.90 Å². The third-order valence-corrected chi connectivity index (χ3v) is 4.27. The highest BCUT2D eigenvalue weighted by atomic mass is 35.5. The Morgan fingerprint density at radius 2 is 1.89 bits per heavy atom. The number of carboxylic acids is 1. The smallest absolute Gasteiger partial charge is 0.242 e. The van der Waals surface area contributed by atoms with E-state index in [1.807, 2.05) is 0 Å². The largest absolute Gasteiger partial charge is 0.548 e. The summed E-state index contributed by atoms with van der Waals surface area (Å²) in [6.07, 6.45) is 0. The zero-order valence-corrected chi connectivity index (χ0v) is 11.5. The Morgan fingerprint density at radius 1 is 1.33 bits per heavy atom. The van der Waals surface area contributed by atoms with Crippen LogP contribution in [0.4, 0.5) is 0 Å². The van der Waals surface area contributed by atoms with Crippen molar-refractivity contribution >= 4 is 27.6 Å². The average Bonchev–Trinajstić information content (AvgIpc) is 2.25. The van der Waals surface area contributed by atoms with Gasteiger partial charge in [0.05, 0.1) is 17.0 Å².